The van der Waals surface area contributed by atoms with E-state index in [1.807, 2.05) is 0 Å². The highest BCUT2D eigenvalue weighted by atomic mass is 14.3. The van der Waals surface area contributed by atoms with Crippen molar-refractivity contribution in [2.45, 2.75) is 20.3 Å². The van der Waals surface area contributed by atoms with Crippen molar-refractivity contribution < 1.29 is 0 Å². The fourth-order valence-corrected chi connectivity index (χ4v) is 8.74. The van der Waals surface area contributed by atoms with Crippen LogP contribution in [0.1, 0.15) is 22.3 Å². The van der Waals surface area contributed by atoms with Crippen molar-refractivity contribution in [2.24, 2.45) is 0 Å². The third-order valence-corrected chi connectivity index (χ3v) is 11.3. The van der Waals surface area contributed by atoms with Crippen molar-refractivity contribution in [3.63, 3.8) is 0 Å². The van der Waals surface area contributed by atoms with E-state index in [9.17, 15) is 0 Å². The molecule has 0 saturated carbocycles. The van der Waals surface area contributed by atoms with Crippen LogP contribution in [0.25, 0.3) is 88.0 Å². The summed E-state index contributed by atoms with van der Waals surface area (Å²) in [5, 5.41) is 7.55. The van der Waals surface area contributed by atoms with Crippen LogP contribution in [0.15, 0.2) is 170 Å². The van der Waals surface area contributed by atoms with Gasteiger partial charge < -0.3 is 0 Å². The second-order valence-electron chi connectivity index (χ2n) is 14.1. The molecule has 0 N–H and O–H groups in total. The van der Waals surface area contributed by atoms with Gasteiger partial charge in [-0.15, -0.1) is 0 Å². The SMILES string of the molecule is Cc1cc2c(c(-c3ccccc3-c3c(-c4c(-c5ccccc5)ccc5ccccc45)ccc4cc5ccccc5cc34)c1C)Cc1ccccc1-2. The molecule has 0 amide bonds. The number of fused-ring (bicyclic) bond motifs is 6. The number of hydrogen-bond donors (Lipinski definition) is 0. The van der Waals surface area contributed by atoms with Gasteiger partial charge >= 0.3 is 0 Å². The molecular weight excluding hydrogens is 613 g/mol. The molecule has 0 spiro atoms. The molecule has 9 aromatic carbocycles. The third-order valence-electron chi connectivity index (χ3n) is 11.3. The van der Waals surface area contributed by atoms with E-state index in [1.54, 1.807) is 0 Å². The molecule has 0 saturated heterocycles. The number of aryl methyl sites for hydroxylation is 1. The van der Waals surface area contributed by atoms with Gasteiger partial charge in [0.2, 0.25) is 0 Å². The molecule has 240 valence electrons. The fourth-order valence-electron chi connectivity index (χ4n) is 8.74. The largest absolute Gasteiger partial charge is 0.0622 e. The topological polar surface area (TPSA) is 0 Å². The summed E-state index contributed by atoms with van der Waals surface area (Å²) < 4.78 is 0. The molecule has 0 atom stereocenters. The van der Waals surface area contributed by atoms with Crippen LogP contribution in [0.3, 0.4) is 0 Å². The quantitative estimate of drug-likeness (QED) is 0.167. The number of hydrogen-bond acceptors (Lipinski definition) is 0. The van der Waals surface area contributed by atoms with Crippen LogP contribution in [0, 0.1) is 13.8 Å². The summed E-state index contributed by atoms with van der Waals surface area (Å²) in [6.45, 7) is 4.60. The molecule has 0 nitrogen and oxygen atoms in total. The normalized spacial score (nSPS) is 12.0. The van der Waals surface area contributed by atoms with E-state index in [4.69, 9.17) is 0 Å². The maximum Gasteiger partial charge on any atom is -0.000718 e. The summed E-state index contributed by atoms with van der Waals surface area (Å²) in [5.41, 5.74) is 18.5. The summed E-state index contributed by atoms with van der Waals surface area (Å²) in [6, 6.07) is 63.2. The van der Waals surface area contributed by atoms with Gasteiger partial charge in [-0.05, 0) is 143 Å². The Morgan fingerprint density at radius 2 is 0.941 bits per heavy atom. The van der Waals surface area contributed by atoms with Gasteiger partial charge in [-0.1, -0.05) is 158 Å². The standard InChI is InChI=1S/C51H36/c1-32-28-47-40-20-10-9-19-38(40)31-48(47)49(33(32)2)43-22-12-13-23-44(43)51-45(27-25-39-29-36-17-6-7-18-37(36)30-46(39)51)50-41-21-11-8-16-35(41)24-26-42(50)34-14-4-3-5-15-34/h3-30H,31H2,1-2H3. The summed E-state index contributed by atoms with van der Waals surface area (Å²) >= 11 is 0. The number of benzene rings is 9. The minimum atomic E-state index is 0.949. The highest BCUT2D eigenvalue weighted by molar-refractivity contribution is 6.16. The zero-order chi connectivity index (χ0) is 34.1. The third kappa shape index (κ3) is 4.68. The molecule has 1 aliphatic rings. The molecule has 0 heterocycles. The highest BCUT2D eigenvalue weighted by Gasteiger charge is 2.27. The lowest BCUT2D eigenvalue weighted by Gasteiger charge is -2.23. The van der Waals surface area contributed by atoms with Crippen molar-refractivity contribution in [3.8, 4) is 55.6 Å². The van der Waals surface area contributed by atoms with Gasteiger partial charge in [0.25, 0.3) is 0 Å². The summed E-state index contributed by atoms with van der Waals surface area (Å²) in [6.07, 6.45) is 0.949. The van der Waals surface area contributed by atoms with Gasteiger partial charge in [-0.3, -0.25) is 0 Å². The zero-order valence-electron chi connectivity index (χ0n) is 28.9. The van der Waals surface area contributed by atoms with Crippen molar-refractivity contribution in [3.05, 3.63) is 192 Å². The van der Waals surface area contributed by atoms with Gasteiger partial charge in [-0.2, -0.15) is 0 Å². The first-order valence-corrected chi connectivity index (χ1v) is 18.0. The van der Waals surface area contributed by atoms with Gasteiger partial charge in [0.1, 0.15) is 0 Å². The Morgan fingerprint density at radius 1 is 0.353 bits per heavy atom. The highest BCUT2D eigenvalue weighted by Crippen LogP contribution is 2.51. The van der Waals surface area contributed by atoms with Crippen LogP contribution in [0.2, 0.25) is 0 Å². The molecule has 0 radical (unpaired) electrons. The second-order valence-corrected chi connectivity index (χ2v) is 14.1. The molecule has 10 rings (SSSR count). The predicted molar refractivity (Wildman–Crippen MR) is 218 cm³/mol. The Labute approximate surface area is 299 Å². The molecule has 0 bridgehead atoms. The van der Waals surface area contributed by atoms with E-state index in [0.29, 0.717) is 0 Å². The Bertz CT molecular complexity index is 2840. The van der Waals surface area contributed by atoms with Gasteiger partial charge in [-0.25, -0.2) is 0 Å². The monoisotopic (exact) mass is 648 g/mol. The maximum absolute atomic E-state index is 2.43. The van der Waals surface area contributed by atoms with Crippen LogP contribution in [-0.4, -0.2) is 0 Å². The van der Waals surface area contributed by atoms with Crippen molar-refractivity contribution in [2.75, 3.05) is 0 Å². The molecule has 0 aliphatic heterocycles. The van der Waals surface area contributed by atoms with Crippen LogP contribution < -0.4 is 0 Å². The van der Waals surface area contributed by atoms with Crippen molar-refractivity contribution in [1.82, 2.24) is 0 Å². The van der Waals surface area contributed by atoms with Gasteiger partial charge in [0, 0.05) is 0 Å². The van der Waals surface area contributed by atoms with E-state index in [-0.39, 0.29) is 0 Å². The Kier molecular flexibility index (Phi) is 6.79. The first kappa shape index (κ1) is 29.7. The average molecular weight is 649 g/mol. The Morgan fingerprint density at radius 3 is 1.75 bits per heavy atom. The molecule has 1 aliphatic carbocycles. The lowest BCUT2D eigenvalue weighted by atomic mass is 9.80. The fraction of sp³-hybridized carbons (Fsp3) is 0.0588. The van der Waals surface area contributed by atoms with E-state index in [2.05, 4.69) is 184 Å². The van der Waals surface area contributed by atoms with E-state index in [1.165, 1.54) is 110 Å². The second kappa shape index (κ2) is 11.7. The van der Waals surface area contributed by atoms with Gasteiger partial charge in [0.15, 0.2) is 0 Å². The van der Waals surface area contributed by atoms with E-state index in [0.717, 1.165) is 6.42 Å². The zero-order valence-corrected chi connectivity index (χ0v) is 28.9. The lowest BCUT2D eigenvalue weighted by Crippen LogP contribution is -1.99. The minimum absolute atomic E-state index is 0.949. The molecule has 51 heavy (non-hydrogen) atoms. The van der Waals surface area contributed by atoms with E-state index < -0.39 is 0 Å². The smallest absolute Gasteiger partial charge is 0.000718 e. The molecular formula is C51H36. The molecule has 0 heteroatoms. The molecule has 0 unspecified atom stereocenters. The summed E-state index contributed by atoms with van der Waals surface area (Å²) in [4.78, 5) is 0. The Balaban J connectivity index is 1.35. The van der Waals surface area contributed by atoms with Crippen molar-refractivity contribution >= 4 is 32.3 Å². The van der Waals surface area contributed by atoms with E-state index >= 15 is 0 Å². The van der Waals surface area contributed by atoms with Gasteiger partial charge in [0.05, 0.1) is 0 Å². The maximum atomic E-state index is 2.43. The van der Waals surface area contributed by atoms with Crippen LogP contribution >= 0.6 is 0 Å². The first-order valence-electron chi connectivity index (χ1n) is 18.0. The summed E-state index contributed by atoms with van der Waals surface area (Å²) in [7, 11) is 0. The molecule has 0 aromatic heterocycles. The molecule has 0 fully saturated rings. The Hall–Kier alpha value is -6.24. The molecule has 9 aromatic rings. The number of rotatable bonds is 4. The summed E-state index contributed by atoms with van der Waals surface area (Å²) in [5.74, 6) is 0. The van der Waals surface area contributed by atoms with Crippen LogP contribution in [0.5, 0.6) is 0 Å². The average Bonchev–Trinajstić information content (AvgIpc) is 3.55. The van der Waals surface area contributed by atoms with Crippen molar-refractivity contribution in [1.29, 1.82) is 0 Å². The minimum Gasteiger partial charge on any atom is -0.0622 e. The van der Waals surface area contributed by atoms with Crippen LogP contribution in [-0.2, 0) is 6.42 Å². The predicted octanol–water partition coefficient (Wildman–Crippen LogP) is 14.0. The lowest BCUT2D eigenvalue weighted by molar-refractivity contribution is 1.23. The first-order chi connectivity index (χ1) is 25.1. The van der Waals surface area contributed by atoms with Crippen LogP contribution in [0.4, 0.5) is 0 Å².